The third kappa shape index (κ3) is 5.25. The number of nitrogens with zero attached hydrogens (tertiary/aromatic N) is 2. The summed E-state index contributed by atoms with van der Waals surface area (Å²) in [5.74, 6) is 1.22. The molecule has 0 bridgehead atoms. The van der Waals surface area contributed by atoms with Gasteiger partial charge in [0, 0.05) is 20.2 Å². The Hall–Kier alpha value is -1.03. The lowest BCUT2D eigenvalue weighted by atomic mass is 10.5. The maximum absolute atomic E-state index is 5.45. The third-order valence-electron chi connectivity index (χ3n) is 1.62. The smallest absolute Gasteiger partial charge is 0.123 e. The van der Waals surface area contributed by atoms with Crippen molar-refractivity contribution in [1.29, 1.82) is 0 Å². The second-order valence-electron chi connectivity index (χ2n) is 2.74. The Labute approximate surface area is 80.1 Å². The second kappa shape index (κ2) is 6.48. The first-order valence-electron chi connectivity index (χ1n) is 4.35. The molecule has 0 aromatic heterocycles. The molecule has 0 fully saturated rings. The first-order valence-corrected chi connectivity index (χ1v) is 4.35. The molecule has 0 spiro atoms. The minimum absolute atomic E-state index is 0.529. The Morgan fingerprint density at radius 3 is 2.62 bits per heavy atom. The number of amidine groups is 1. The van der Waals surface area contributed by atoms with Gasteiger partial charge in [-0.15, -0.1) is 0 Å². The molecule has 0 unspecified atom stereocenters. The average Bonchev–Trinajstić information content (AvgIpc) is 2.04. The van der Waals surface area contributed by atoms with E-state index in [1.54, 1.807) is 14.0 Å². The van der Waals surface area contributed by atoms with E-state index in [1.165, 1.54) is 0 Å². The van der Waals surface area contributed by atoms with Crippen molar-refractivity contribution in [2.75, 3.05) is 26.8 Å². The predicted octanol–water partition coefficient (Wildman–Crippen LogP) is 0.803. The summed E-state index contributed by atoms with van der Waals surface area (Å²) < 4.78 is 4.97. The molecule has 13 heavy (non-hydrogen) atoms. The molecule has 0 amide bonds. The van der Waals surface area contributed by atoms with Crippen molar-refractivity contribution in [1.82, 2.24) is 4.90 Å². The summed E-state index contributed by atoms with van der Waals surface area (Å²) in [6.45, 7) is 9.94. The Morgan fingerprint density at radius 2 is 2.23 bits per heavy atom. The molecule has 0 aromatic carbocycles. The lowest BCUT2D eigenvalue weighted by Gasteiger charge is -2.21. The van der Waals surface area contributed by atoms with Crippen LogP contribution in [0, 0.1) is 0 Å². The van der Waals surface area contributed by atoms with Gasteiger partial charge in [0.25, 0.3) is 0 Å². The van der Waals surface area contributed by atoms with E-state index in [1.807, 2.05) is 11.8 Å². The summed E-state index contributed by atoms with van der Waals surface area (Å²) in [7, 11) is 1.67. The van der Waals surface area contributed by atoms with Crippen LogP contribution in [0.5, 0.6) is 0 Å². The Balaban J connectivity index is 4.07. The molecule has 0 radical (unpaired) electrons. The van der Waals surface area contributed by atoms with Crippen LogP contribution in [0.3, 0.4) is 0 Å². The maximum Gasteiger partial charge on any atom is 0.123 e. The van der Waals surface area contributed by atoms with Gasteiger partial charge in [-0.05, 0) is 13.8 Å². The van der Waals surface area contributed by atoms with E-state index >= 15 is 0 Å². The van der Waals surface area contributed by atoms with Crippen LogP contribution in [0.4, 0.5) is 0 Å². The second-order valence-corrected chi connectivity index (χ2v) is 2.74. The SMILES string of the molecule is C=C(N=C(C)N)N(CC)CCOC. The van der Waals surface area contributed by atoms with E-state index in [0.29, 0.717) is 18.3 Å². The van der Waals surface area contributed by atoms with E-state index in [9.17, 15) is 0 Å². The largest absolute Gasteiger partial charge is 0.387 e. The van der Waals surface area contributed by atoms with Crippen LogP contribution >= 0.6 is 0 Å². The topological polar surface area (TPSA) is 50.8 Å². The molecule has 0 saturated heterocycles. The molecule has 0 aliphatic carbocycles. The average molecular weight is 185 g/mol. The highest BCUT2D eigenvalue weighted by Gasteiger charge is 2.02. The maximum atomic E-state index is 5.45. The van der Waals surface area contributed by atoms with Crippen LogP contribution in [-0.4, -0.2) is 37.5 Å². The molecule has 0 heterocycles. The summed E-state index contributed by atoms with van der Waals surface area (Å²) >= 11 is 0. The number of likely N-dealkylation sites (N-methyl/N-ethyl adjacent to an activating group) is 1. The lowest BCUT2D eigenvalue weighted by Crippen LogP contribution is -2.26. The number of rotatable bonds is 6. The van der Waals surface area contributed by atoms with Crippen molar-refractivity contribution in [3.05, 3.63) is 12.4 Å². The zero-order valence-electron chi connectivity index (χ0n) is 8.71. The molecule has 0 aliphatic rings. The van der Waals surface area contributed by atoms with Crippen LogP contribution < -0.4 is 5.73 Å². The van der Waals surface area contributed by atoms with E-state index in [-0.39, 0.29) is 0 Å². The van der Waals surface area contributed by atoms with Gasteiger partial charge >= 0.3 is 0 Å². The van der Waals surface area contributed by atoms with Crippen LogP contribution in [0.2, 0.25) is 0 Å². The van der Waals surface area contributed by atoms with Crippen molar-refractivity contribution >= 4 is 5.84 Å². The van der Waals surface area contributed by atoms with Gasteiger partial charge in [0.05, 0.1) is 12.4 Å². The minimum Gasteiger partial charge on any atom is -0.387 e. The number of aliphatic imine (C=N–C) groups is 1. The van der Waals surface area contributed by atoms with E-state index < -0.39 is 0 Å². The summed E-state index contributed by atoms with van der Waals surface area (Å²) in [6, 6.07) is 0. The van der Waals surface area contributed by atoms with Gasteiger partial charge in [0.1, 0.15) is 5.82 Å². The summed E-state index contributed by atoms with van der Waals surface area (Å²) in [4.78, 5) is 6.09. The van der Waals surface area contributed by atoms with Crippen LogP contribution in [0.1, 0.15) is 13.8 Å². The fraction of sp³-hybridized carbons (Fsp3) is 0.667. The van der Waals surface area contributed by atoms with Gasteiger partial charge in [-0.1, -0.05) is 6.58 Å². The third-order valence-corrected chi connectivity index (χ3v) is 1.62. The van der Waals surface area contributed by atoms with Gasteiger partial charge < -0.3 is 15.4 Å². The highest BCUT2D eigenvalue weighted by atomic mass is 16.5. The van der Waals surface area contributed by atoms with Crippen molar-refractivity contribution in [2.24, 2.45) is 10.7 Å². The molecule has 0 saturated carbocycles. The van der Waals surface area contributed by atoms with Crippen LogP contribution in [0.15, 0.2) is 17.4 Å². The zero-order chi connectivity index (χ0) is 10.3. The van der Waals surface area contributed by atoms with Crippen LogP contribution in [-0.2, 0) is 4.74 Å². The Kier molecular flexibility index (Phi) is 5.97. The predicted molar refractivity (Wildman–Crippen MR) is 55.6 cm³/mol. The van der Waals surface area contributed by atoms with Gasteiger partial charge in [-0.25, -0.2) is 4.99 Å². The van der Waals surface area contributed by atoms with Crippen molar-refractivity contribution in [3.63, 3.8) is 0 Å². The molecule has 4 heteroatoms. The van der Waals surface area contributed by atoms with Crippen molar-refractivity contribution < 1.29 is 4.74 Å². The molecule has 4 nitrogen and oxygen atoms in total. The zero-order valence-corrected chi connectivity index (χ0v) is 8.71. The molecule has 0 rings (SSSR count). The van der Waals surface area contributed by atoms with Gasteiger partial charge in [-0.3, -0.25) is 0 Å². The van der Waals surface area contributed by atoms with Crippen LogP contribution in [0.25, 0.3) is 0 Å². The van der Waals surface area contributed by atoms with Gasteiger partial charge in [0.15, 0.2) is 0 Å². The number of hydrogen-bond acceptors (Lipinski definition) is 3. The highest BCUT2D eigenvalue weighted by molar-refractivity contribution is 5.78. The first-order chi connectivity index (χ1) is 6.11. The number of methoxy groups -OCH3 is 1. The molecule has 0 aliphatic heterocycles. The molecule has 76 valence electrons. The number of ether oxygens (including phenoxy) is 1. The molecule has 0 atom stereocenters. The quantitative estimate of drug-likeness (QED) is 0.492. The fourth-order valence-electron chi connectivity index (χ4n) is 0.945. The fourth-order valence-corrected chi connectivity index (χ4v) is 0.945. The molecular formula is C9H19N3O. The summed E-state index contributed by atoms with van der Waals surface area (Å²) in [5.41, 5.74) is 5.45. The monoisotopic (exact) mass is 185 g/mol. The Morgan fingerprint density at radius 1 is 1.62 bits per heavy atom. The number of hydrogen-bond donors (Lipinski definition) is 1. The lowest BCUT2D eigenvalue weighted by molar-refractivity contribution is 0.166. The van der Waals surface area contributed by atoms with E-state index in [0.717, 1.165) is 13.1 Å². The molecular weight excluding hydrogens is 166 g/mol. The van der Waals surface area contributed by atoms with Crippen molar-refractivity contribution in [3.8, 4) is 0 Å². The summed E-state index contributed by atoms with van der Waals surface area (Å²) in [5, 5.41) is 0. The first kappa shape index (κ1) is 12.0. The minimum atomic E-state index is 0.529. The molecule has 2 N–H and O–H groups in total. The number of nitrogens with two attached hydrogens (primary N) is 1. The Bertz CT molecular complexity index is 185. The van der Waals surface area contributed by atoms with E-state index in [4.69, 9.17) is 10.5 Å². The molecule has 0 aromatic rings. The highest BCUT2D eigenvalue weighted by Crippen LogP contribution is 2.02. The van der Waals surface area contributed by atoms with Crippen molar-refractivity contribution in [2.45, 2.75) is 13.8 Å². The van der Waals surface area contributed by atoms with E-state index in [2.05, 4.69) is 11.6 Å². The normalized spacial score (nSPS) is 11.5. The standard InChI is InChI=1S/C9H19N3O/c1-5-12(6-7-13-4)9(3)11-8(2)10/h3,5-7H2,1-2,4H3,(H2,10,11). The van der Waals surface area contributed by atoms with Gasteiger partial charge in [0.2, 0.25) is 0 Å². The van der Waals surface area contributed by atoms with Gasteiger partial charge in [-0.2, -0.15) is 0 Å². The summed E-state index contributed by atoms with van der Waals surface area (Å²) in [6.07, 6.45) is 0.